The van der Waals surface area contributed by atoms with Gasteiger partial charge in [-0.25, -0.2) is 0 Å². The average molecular weight is 291 g/mol. The Morgan fingerprint density at radius 3 is 2.38 bits per heavy atom. The van der Waals surface area contributed by atoms with Crippen LogP contribution in [0.15, 0.2) is 0 Å². The lowest BCUT2D eigenvalue weighted by Gasteiger charge is -2.35. The van der Waals surface area contributed by atoms with Gasteiger partial charge in [0.15, 0.2) is 0 Å². The van der Waals surface area contributed by atoms with E-state index in [0.717, 1.165) is 45.0 Å². The smallest absolute Gasteiger partial charge is 0.231 e. The van der Waals surface area contributed by atoms with E-state index in [2.05, 4.69) is 43.7 Å². The fourth-order valence-corrected chi connectivity index (χ4v) is 3.13. The number of hydrogen-bond acceptors (Lipinski definition) is 7. The lowest BCUT2D eigenvalue weighted by molar-refractivity contribution is 0.252. The van der Waals surface area contributed by atoms with Crippen molar-refractivity contribution in [1.82, 2.24) is 19.9 Å². The number of nitrogens with two attached hydrogens (primary N) is 1. The van der Waals surface area contributed by atoms with Gasteiger partial charge in [0.2, 0.25) is 17.8 Å². The minimum absolute atomic E-state index is 0.321. The molecule has 2 N–H and O–H groups in total. The van der Waals surface area contributed by atoms with Gasteiger partial charge in [-0.15, -0.1) is 0 Å². The van der Waals surface area contributed by atoms with Gasteiger partial charge >= 0.3 is 0 Å². The first kappa shape index (κ1) is 14.3. The minimum Gasteiger partial charge on any atom is -0.368 e. The van der Waals surface area contributed by atoms with Crippen LogP contribution in [0, 0.1) is 0 Å². The summed E-state index contributed by atoms with van der Waals surface area (Å²) in [7, 11) is 4.24. The Balaban J connectivity index is 1.77. The molecule has 116 valence electrons. The van der Waals surface area contributed by atoms with E-state index >= 15 is 0 Å². The molecule has 7 heteroatoms. The zero-order valence-electron chi connectivity index (χ0n) is 13.0. The van der Waals surface area contributed by atoms with E-state index in [0.29, 0.717) is 17.9 Å². The van der Waals surface area contributed by atoms with Crippen molar-refractivity contribution in [3.63, 3.8) is 0 Å². The van der Waals surface area contributed by atoms with E-state index in [-0.39, 0.29) is 0 Å². The van der Waals surface area contributed by atoms with Gasteiger partial charge in [-0.2, -0.15) is 15.0 Å². The molecule has 2 saturated heterocycles. The van der Waals surface area contributed by atoms with Gasteiger partial charge in [-0.05, 0) is 45.8 Å². The molecule has 0 aliphatic carbocycles. The maximum Gasteiger partial charge on any atom is 0.231 e. The molecule has 0 saturated carbocycles. The van der Waals surface area contributed by atoms with E-state index in [4.69, 9.17) is 5.73 Å². The predicted molar refractivity (Wildman–Crippen MR) is 84.6 cm³/mol. The van der Waals surface area contributed by atoms with Crippen molar-refractivity contribution in [2.45, 2.75) is 31.7 Å². The number of hydrogen-bond donors (Lipinski definition) is 1. The maximum absolute atomic E-state index is 5.89. The molecule has 1 aromatic rings. The highest BCUT2D eigenvalue weighted by atomic mass is 15.4. The summed E-state index contributed by atoms with van der Waals surface area (Å²) < 4.78 is 0. The van der Waals surface area contributed by atoms with Crippen LogP contribution < -0.4 is 15.5 Å². The van der Waals surface area contributed by atoms with Gasteiger partial charge in [0.1, 0.15) is 0 Å². The molecule has 0 aromatic carbocycles. The Hall–Kier alpha value is -1.63. The van der Waals surface area contributed by atoms with Crippen molar-refractivity contribution in [2.24, 2.45) is 0 Å². The first-order valence-electron chi connectivity index (χ1n) is 7.81. The van der Waals surface area contributed by atoms with Gasteiger partial charge in [-0.1, -0.05) is 0 Å². The van der Waals surface area contributed by atoms with Crippen molar-refractivity contribution < 1.29 is 0 Å². The Kier molecular flexibility index (Phi) is 4.10. The molecule has 0 radical (unpaired) electrons. The summed E-state index contributed by atoms with van der Waals surface area (Å²) in [5.41, 5.74) is 5.89. The zero-order valence-corrected chi connectivity index (χ0v) is 13.0. The molecule has 0 bridgehead atoms. The Morgan fingerprint density at radius 2 is 1.71 bits per heavy atom. The molecule has 0 unspecified atom stereocenters. The van der Waals surface area contributed by atoms with Crippen molar-refractivity contribution in [1.29, 1.82) is 0 Å². The zero-order chi connectivity index (χ0) is 14.8. The van der Waals surface area contributed by atoms with Crippen LogP contribution in [-0.2, 0) is 0 Å². The minimum atomic E-state index is 0.321. The summed E-state index contributed by atoms with van der Waals surface area (Å²) in [5.74, 6) is 1.76. The molecular formula is C14H25N7. The molecule has 3 heterocycles. The fourth-order valence-electron chi connectivity index (χ4n) is 3.13. The number of aromatic nitrogens is 3. The highest BCUT2D eigenvalue weighted by Gasteiger charge is 2.24. The molecule has 3 rings (SSSR count). The van der Waals surface area contributed by atoms with E-state index in [9.17, 15) is 0 Å². The summed E-state index contributed by atoms with van der Waals surface area (Å²) in [6.07, 6.45) is 4.67. The second kappa shape index (κ2) is 6.01. The number of nitrogens with zero attached hydrogens (tertiary/aromatic N) is 6. The normalized spacial score (nSPS) is 21.0. The summed E-state index contributed by atoms with van der Waals surface area (Å²) in [5, 5.41) is 0. The Labute approximate surface area is 126 Å². The third-order valence-electron chi connectivity index (χ3n) is 4.57. The van der Waals surface area contributed by atoms with Crippen LogP contribution in [0.3, 0.4) is 0 Å². The van der Waals surface area contributed by atoms with Crippen molar-refractivity contribution in [3.8, 4) is 0 Å². The van der Waals surface area contributed by atoms with Gasteiger partial charge < -0.3 is 20.4 Å². The van der Waals surface area contributed by atoms with Crippen LogP contribution >= 0.6 is 0 Å². The Morgan fingerprint density at radius 1 is 1.05 bits per heavy atom. The molecule has 0 spiro atoms. The number of anilines is 3. The van der Waals surface area contributed by atoms with Crippen LogP contribution in [0.2, 0.25) is 0 Å². The Bertz CT molecular complexity index is 478. The van der Waals surface area contributed by atoms with Crippen molar-refractivity contribution >= 4 is 17.8 Å². The fraction of sp³-hybridized carbons (Fsp3) is 0.786. The monoisotopic (exact) mass is 291 g/mol. The highest BCUT2D eigenvalue weighted by Crippen LogP contribution is 2.22. The summed E-state index contributed by atoms with van der Waals surface area (Å²) in [6, 6.07) is 0.481. The molecule has 2 aliphatic rings. The molecule has 0 atom stereocenters. The molecule has 7 nitrogen and oxygen atoms in total. The third kappa shape index (κ3) is 3.18. The predicted octanol–water partition coefficient (Wildman–Crippen LogP) is 0.584. The number of rotatable bonds is 3. The quantitative estimate of drug-likeness (QED) is 0.873. The SMILES string of the molecule is CN1CCC(N(C)c2nc(N)nc(N3CCCC3)n2)CC1. The van der Waals surface area contributed by atoms with E-state index < -0.39 is 0 Å². The number of piperidine rings is 1. The summed E-state index contributed by atoms with van der Waals surface area (Å²) in [4.78, 5) is 20.0. The van der Waals surface area contributed by atoms with Crippen LogP contribution in [0.1, 0.15) is 25.7 Å². The van der Waals surface area contributed by atoms with Gasteiger partial charge in [0.25, 0.3) is 0 Å². The first-order chi connectivity index (χ1) is 10.1. The second-order valence-electron chi connectivity index (χ2n) is 6.13. The van der Waals surface area contributed by atoms with E-state index in [1.165, 1.54) is 12.8 Å². The largest absolute Gasteiger partial charge is 0.368 e. The first-order valence-corrected chi connectivity index (χ1v) is 7.81. The average Bonchev–Trinajstić information content (AvgIpc) is 3.01. The lowest BCUT2D eigenvalue weighted by atomic mass is 10.0. The molecule has 21 heavy (non-hydrogen) atoms. The van der Waals surface area contributed by atoms with Crippen LogP contribution in [0.4, 0.5) is 17.8 Å². The summed E-state index contributed by atoms with van der Waals surface area (Å²) in [6.45, 7) is 4.27. The third-order valence-corrected chi connectivity index (χ3v) is 4.57. The van der Waals surface area contributed by atoms with E-state index in [1.54, 1.807) is 0 Å². The summed E-state index contributed by atoms with van der Waals surface area (Å²) >= 11 is 0. The van der Waals surface area contributed by atoms with Crippen LogP contribution in [0.25, 0.3) is 0 Å². The van der Waals surface area contributed by atoms with Gasteiger partial charge in [0.05, 0.1) is 0 Å². The van der Waals surface area contributed by atoms with E-state index in [1.807, 2.05) is 0 Å². The van der Waals surface area contributed by atoms with Crippen LogP contribution in [0.5, 0.6) is 0 Å². The number of likely N-dealkylation sites (tertiary alicyclic amines) is 1. The topological polar surface area (TPSA) is 74.4 Å². The highest BCUT2D eigenvalue weighted by molar-refractivity contribution is 5.44. The maximum atomic E-state index is 5.89. The van der Waals surface area contributed by atoms with Crippen molar-refractivity contribution in [3.05, 3.63) is 0 Å². The molecule has 0 amide bonds. The molecule has 1 aromatic heterocycles. The van der Waals surface area contributed by atoms with Crippen LogP contribution in [-0.4, -0.2) is 66.2 Å². The molecule has 2 fully saturated rings. The number of nitrogen functional groups attached to an aromatic ring is 1. The van der Waals surface area contributed by atoms with Gasteiger partial charge in [0, 0.05) is 26.2 Å². The standard InChI is InChI=1S/C14H25N7/c1-19-9-5-11(6-10-19)20(2)13-16-12(15)17-14(18-13)21-7-3-4-8-21/h11H,3-10H2,1-2H3,(H2,15,16,17,18). The molecule has 2 aliphatic heterocycles. The van der Waals surface area contributed by atoms with Crippen molar-refractivity contribution in [2.75, 3.05) is 55.8 Å². The second-order valence-corrected chi connectivity index (χ2v) is 6.13. The molecular weight excluding hydrogens is 266 g/mol. The van der Waals surface area contributed by atoms with Gasteiger partial charge in [-0.3, -0.25) is 0 Å². The lowest BCUT2D eigenvalue weighted by Crippen LogP contribution is -2.42.